The van der Waals surface area contributed by atoms with Gasteiger partial charge >= 0.3 is 0 Å². The summed E-state index contributed by atoms with van der Waals surface area (Å²) in [5.74, 6) is 1.14. The molecule has 0 saturated heterocycles. The van der Waals surface area contributed by atoms with E-state index in [2.05, 4.69) is 6.92 Å². The van der Waals surface area contributed by atoms with Crippen molar-refractivity contribution < 1.29 is 14.9 Å². The summed E-state index contributed by atoms with van der Waals surface area (Å²) in [6.07, 6.45) is 6.52. The van der Waals surface area contributed by atoms with Crippen molar-refractivity contribution in [2.45, 2.75) is 83.9 Å². The summed E-state index contributed by atoms with van der Waals surface area (Å²) in [5, 5.41) is 23.9. The van der Waals surface area contributed by atoms with Crippen LogP contribution in [0.1, 0.15) is 45.4 Å². The highest BCUT2D eigenvalue weighted by Gasteiger charge is 2.39. The van der Waals surface area contributed by atoms with Crippen molar-refractivity contribution in [3.05, 3.63) is 10.7 Å². The van der Waals surface area contributed by atoms with Crippen molar-refractivity contribution in [2.24, 2.45) is 15.9 Å². The minimum atomic E-state index is 0.185. The van der Waals surface area contributed by atoms with Crippen molar-refractivity contribution in [2.75, 3.05) is 7.11 Å². The molecule has 2 N–H and O–H groups in total. The van der Waals surface area contributed by atoms with Crippen LogP contribution in [0.3, 0.4) is 0 Å². The molecule has 4 aliphatic rings. The van der Waals surface area contributed by atoms with E-state index in [1.165, 1.54) is 6.42 Å². The highest BCUT2D eigenvalue weighted by atomic mass is 32.2. The smallest absolute Gasteiger partial charge is 0.158 e. The van der Waals surface area contributed by atoms with Crippen LogP contribution < -0.4 is 10.7 Å². The molecule has 27 heavy (non-hydrogen) atoms. The molecule has 1 aromatic carbocycles. The second-order valence-corrected chi connectivity index (χ2v) is 10.8. The molecule has 5 rings (SSSR count). The van der Waals surface area contributed by atoms with E-state index < -0.39 is 0 Å². The number of hydrogen-bond acceptors (Lipinski definition) is 7. The monoisotopic (exact) mass is 406 g/mol. The molecule has 6 atom stereocenters. The van der Waals surface area contributed by atoms with Crippen molar-refractivity contribution in [3.63, 3.8) is 0 Å². The van der Waals surface area contributed by atoms with Gasteiger partial charge in [0.2, 0.25) is 0 Å². The highest BCUT2D eigenvalue weighted by molar-refractivity contribution is 8.00. The Morgan fingerprint density at radius 2 is 1.41 bits per heavy atom. The lowest BCUT2D eigenvalue weighted by atomic mass is 9.87. The largest absolute Gasteiger partial charge is 0.504 e. The van der Waals surface area contributed by atoms with E-state index in [0.717, 1.165) is 37.0 Å². The summed E-state index contributed by atoms with van der Waals surface area (Å²) >= 11 is 3.35. The van der Waals surface area contributed by atoms with Gasteiger partial charge in [0.15, 0.2) is 11.5 Å². The number of phenolic OH excluding ortho intramolecular Hbond substituents is 2. The van der Waals surface area contributed by atoms with E-state index in [1.807, 2.05) is 0 Å². The maximum absolute atomic E-state index is 11.0. The van der Waals surface area contributed by atoms with Crippen LogP contribution >= 0.6 is 23.5 Å². The summed E-state index contributed by atoms with van der Waals surface area (Å²) < 4.78 is 5.55. The van der Waals surface area contributed by atoms with Crippen molar-refractivity contribution >= 4 is 23.5 Å². The molecule has 0 spiro atoms. The molecule has 2 fully saturated rings. The first-order valence-electron chi connectivity index (χ1n) is 9.94. The zero-order valence-electron chi connectivity index (χ0n) is 15.7. The van der Waals surface area contributed by atoms with Gasteiger partial charge in [-0.05, 0) is 44.4 Å². The Morgan fingerprint density at radius 1 is 0.852 bits per heavy atom. The number of aromatic hydroxyl groups is 2. The number of fused-ring (bicyclic) bond motifs is 4. The lowest BCUT2D eigenvalue weighted by molar-refractivity contribution is 0.0683. The van der Waals surface area contributed by atoms with Crippen LogP contribution in [0.25, 0.3) is 0 Å². The third-order valence-corrected chi connectivity index (χ3v) is 9.36. The van der Waals surface area contributed by atoms with Gasteiger partial charge in [-0.2, -0.15) is 0 Å². The summed E-state index contributed by atoms with van der Waals surface area (Å²) in [6, 6.07) is 0.429. The quantitative estimate of drug-likeness (QED) is 0.701. The lowest BCUT2D eigenvalue weighted by Gasteiger charge is -2.37. The molecule has 0 bridgehead atoms. The van der Waals surface area contributed by atoms with Gasteiger partial charge in [0, 0.05) is 17.6 Å². The van der Waals surface area contributed by atoms with Crippen LogP contribution in [-0.4, -0.2) is 46.0 Å². The van der Waals surface area contributed by atoms with Crippen LogP contribution in [0.5, 0.6) is 11.5 Å². The Labute approximate surface area is 167 Å². The van der Waals surface area contributed by atoms with Gasteiger partial charge in [0.05, 0.1) is 28.0 Å². The maximum atomic E-state index is 11.0. The van der Waals surface area contributed by atoms with Gasteiger partial charge < -0.3 is 14.9 Å². The summed E-state index contributed by atoms with van der Waals surface area (Å²) in [5.41, 5.74) is 0. The highest BCUT2D eigenvalue weighted by Crippen LogP contribution is 2.45. The number of methoxy groups -OCH3 is 1. The molecule has 2 heterocycles. The molecule has 1 aromatic rings. The normalized spacial score (nSPS) is 37.1. The van der Waals surface area contributed by atoms with E-state index in [0.29, 0.717) is 32.0 Å². The van der Waals surface area contributed by atoms with E-state index >= 15 is 0 Å². The van der Waals surface area contributed by atoms with Gasteiger partial charge in [-0.15, -0.1) is 23.5 Å². The number of ether oxygens (including phenoxy) is 1. The van der Waals surface area contributed by atoms with Gasteiger partial charge in [0.1, 0.15) is 10.7 Å². The molecule has 146 valence electrons. The first kappa shape index (κ1) is 18.1. The Balaban J connectivity index is 1.60. The Hall–Kier alpha value is -0.920. The van der Waals surface area contributed by atoms with Gasteiger partial charge in [0.25, 0.3) is 0 Å². The van der Waals surface area contributed by atoms with Crippen LogP contribution in [0.15, 0.2) is 19.8 Å². The van der Waals surface area contributed by atoms with Gasteiger partial charge in [-0.3, -0.25) is 9.98 Å². The van der Waals surface area contributed by atoms with Crippen LogP contribution in [0.4, 0.5) is 0 Å². The predicted octanol–water partition coefficient (Wildman–Crippen LogP) is 3.04. The molecule has 0 radical (unpaired) electrons. The third kappa shape index (κ3) is 2.97. The van der Waals surface area contributed by atoms with E-state index in [-0.39, 0.29) is 29.7 Å². The molecule has 2 aliphatic carbocycles. The molecule has 6 unspecified atom stereocenters. The number of hydrogen-bond donors (Lipinski definition) is 2. The van der Waals surface area contributed by atoms with E-state index in [4.69, 9.17) is 14.7 Å². The average molecular weight is 407 g/mol. The molecule has 7 heteroatoms. The Morgan fingerprint density at radius 3 is 2.00 bits per heavy atom. The second-order valence-electron chi connectivity index (χ2n) is 8.35. The molecule has 2 aliphatic heterocycles. The van der Waals surface area contributed by atoms with Crippen molar-refractivity contribution in [1.29, 1.82) is 0 Å². The standard InChI is InChI=1S/C20H26N2O3S2/c1-9-3-5-11-13(7-9)26-19-15(21-11)18(24)20-16(17(19)23)22-12-6-4-10(25-2)8-14(12)27-20/h9-14,23-24H,3-8H2,1-2H3. The first-order chi connectivity index (χ1) is 13.0. The molecule has 5 nitrogen and oxygen atoms in total. The number of benzene rings is 1. The minimum absolute atomic E-state index is 0.185. The number of nitrogens with zero attached hydrogens (tertiary/aromatic N) is 2. The number of rotatable bonds is 1. The SMILES string of the molecule is COC1CCC2N=c3c(O)c4c(c(O)c3SC2C1)=NC1CCC(C)CC1S4. The van der Waals surface area contributed by atoms with E-state index in [9.17, 15) is 10.2 Å². The molecule has 2 saturated carbocycles. The fraction of sp³-hybridized carbons (Fsp3) is 0.700. The van der Waals surface area contributed by atoms with Crippen molar-refractivity contribution in [1.82, 2.24) is 0 Å². The first-order valence-corrected chi connectivity index (χ1v) is 11.7. The summed E-state index contributed by atoms with van der Waals surface area (Å²) in [6.45, 7) is 2.29. The number of thioether (sulfide) groups is 2. The Kier molecular flexibility index (Phi) is 4.60. The Bertz CT molecular complexity index is 890. The predicted molar refractivity (Wildman–Crippen MR) is 107 cm³/mol. The van der Waals surface area contributed by atoms with E-state index in [1.54, 1.807) is 30.6 Å². The maximum Gasteiger partial charge on any atom is 0.158 e. The second kappa shape index (κ2) is 6.85. The zero-order chi connectivity index (χ0) is 18.7. The molecule has 0 amide bonds. The van der Waals surface area contributed by atoms with Gasteiger partial charge in [-0.1, -0.05) is 6.92 Å². The molecule has 0 aromatic heterocycles. The fourth-order valence-corrected chi connectivity index (χ4v) is 7.89. The van der Waals surface area contributed by atoms with Crippen LogP contribution in [-0.2, 0) is 4.74 Å². The minimum Gasteiger partial charge on any atom is -0.504 e. The zero-order valence-corrected chi connectivity index (χ0v) is 17.4. The van der Waals surface area contributed by atoms with Gasteiger partial charge in [-0.25, -0.2) is 0 Å². The third-order valence-electron chi connectivity index (χ3n) is 6.50. The lowest BCUT2D eigenvalue weighted by Crippen LogP contribution is -2.40. The average Bonchev–Trinajstić information content (AvgIpc) is 2.69. The van der Waals surface area contributed by atoms with Crippen molar-refractivity contribution in [3.8, 4) is 11.5 Å². The fourth-order valence-electron chi connectivity index (χ4n) is 4.90. The molecular formula is C20H26N2O3S2. The van der Waals surface area contributed by atoms with Crippen LogP contribution in [0.2, 0.25) is 0 Å². The summed E-state index contributed by atoms with van der Waals surface area (Å²) in [7, 11) is 1.76. The van der Waals surface area contributed by atoms with Crippen LogP contribution in [0, 0.1) is 5.92 Å². The number of phenols is 2. The summed E-state index contributed by atoms with van der Waals surface area (Å²) in [4.78, 5) is 11.2. The topological polar surface area (TPSA) is 74.4 Å². The molecular weight excluding hydrogens is 380 g/mol.